The average molecular weight is 347 g/mol. The molecule has 4 aliphatic rings. The van der Waals surface area contributed by atoms with E-state index in [0.717, 1.165) is 38.0 Å². The van der Waals surface area contributed by atoms with Gasteiger partial charge in [0.2, 0.25) is 0 Å². The molecule has 0 bridgehead atoms. The van der Waals surface area contributed by atoms with E-state index in [1.807, 2.05) is 6.92 Å². The molecule has 6 unspecified atom stereocenters. The normalized spacial score (nSPS) is 50.2. The van der Waals surface area contributed by atoms with Crippen LogP contribution in [-0.4, -0.2) is 22.3 Å². The second kappa shape index (κ2) is 5.84. The number of carboxylic acids is 1. The lowest BCUT2D eigenvalue weighted by atomic mass is 9.47. The highest BCUT2D eigenvalue weighted by Gasteiger charge is 2.59. The van der Waals surface area contributed by atoms with Crippen LogP contribution in [-0.2, 0) is 4.79 Å². The molecule has 3 heteroatoms. The number of allylic oxidation sites excluding steroid dienone is 1. The second-order valence-electron chi connectivity index (χ2n) is 10.0. The first-order valence-electron chi connectivity index (χ1n) is 10.4. The SMILES string of the molecule is CC(C(=O)O)C1CCC2C3CC=C4CC(O)CC[C@@]4(C)C3CC[C@@]12C. The summed E-state index contributed by atoms with van der Waals surface area (Å²) in [6.45, 7) is 6.78. The van der Waals surface area contributed by atoms with E-state index in [2.05, 4.69) is 19.9 Å². The lowest BCUT2D eigenvalue weighted by Crippen LogP contribution is -2.51. The molecule has 140 valence electrons. The molecule has 0 spiro atoms. The summed E-state index contributed by atoms with van der Waals surface area (Å²) in [7, 11) is 0. The van der Waals surface area contributed by atoms with Gasteiger partial charge in [-0.1, -0.05) is 32.4 Å². The molecule has 4 rings (SSSR count). The lowest BCUT2D eigenvalue weighted by Gasteiger charge is -2.58. The summed E-state index contributed by atoms with van der Waals surface area (Å²) in [5, 5.41) is 19.7. The van der Waals surface area contributed by atoms with Crippen molar-refractivity contribution < 1.29 is 15.0 Å². The number of hydrogen-bond donors (Lipinski definition) is 2. The zero-order valence-electron chi connectivity index (χ0n) is 16.0. The molecular weight excluding hydrogens is 312 g/mol. The Hall–Kier alpha value is -0.830. The molecule has 3 fully saturated rings. The van der Waals surface area contributed by atoms with Gasteiger partial charge < -0.3 is 10.2 Å². The number of aliphatic hydroxyl groups excluding tert-OH is 1. The molecule has 2 N–H and O–H groups in total. The van der Waals surface area contributed by atoms with E-state index in [9.17, 15) is 15.0 Å². The Balaban J connectivity index is 1.63. The Labute approximate surface area is 151 Å². The van der Waals surface area contributed by atoms with E-state index in [-0.39, 0.29) is 22.9 Å². The van der Waals surface area contributed by atoms with E-state index in [1.165, 1.54) is 24.8 Å². The molecule has 0 saturated heterocycles. The Morgan fingerprint density at radius 1 is 1.16 bits per heavy atom. The van der Waals surface area contributed by atoms with Crippen LogP contribution in [0.25, 0.3) is 0 Å². The van der Waals surface area contributed by atoms with Gasteiger partial charge >= 0.3 is 5.97 Å². The van der Waals surface area contributed by atoms with E-state index in [0.29, 0.717) is 17.8 Å². The molecule has 3 nitrogen and oxygen atoms in total. The fourth-order valence-corrected chi connectivity index (χ4v) is 7.68. The van der Waals surface area contributed by atoms with Crippen LogP contribution in [0.5, 0.6) is 0 Å². The van der Waals surface area contributed by atoms with Gasteiger partial charge in [0, 0.05) is 0 Å². The first-order valence-corrected chi connectivity index (χ1v) is 10.4. The average Bonchev–Trinajstić information content (AvgIpc) is 2.92. The van der Waals surface area contributed by atoms with Gasteiger partial charge in [-0.3, -0.25) is 4.79 Å². The standard InChI is InChI=1S/C22H34O3/c1-13(20(24)25)17-6-7-18-16-5-4-14-12-15(23)8-10-21(14,2)19(16)9-11-22(17,18)3/h4,13,15-19,23H,5-12H2,1-3H3,(H,24,25)/t13?,15?,16?,17?,18?,19?,21-,22+/m1/s1. The number of aliphatic hydroxyl groups is 1. The van der Waals surface area contributed by atoms with Crippen LogP contribution >= 0.6 is 0 Å². The first-order chi connectivity index (χ1) is 11.8. The molecule has 0 heterocycles. The highest BCUT2D eigenvalue weighted by Crippen LogP contribution is 2.67. The third kappa shape index (κ3) is 2.44. The number of carbonyl (C=O) groups is 1. The Morgan fingerprint density at radius 2 is 1.92 bits per heavy atom. The van der Waals surface area contributed by atoms with Crippen molar-refractivity contribution in [3.63, 3.8) is 0 Å². The van der Waals surface area contributed by atoms with Gasteiger partial charge in [-0.2, -0.15) is 0 Å². The predicted octanol–water partition coefficient (Wildman–Crippen LogP) is 4.65. The fraction of sp³-hybridized carbons (Fsp3) is 0.864. The highest BCUT2D eigenvalue weighted by atomic mass is 16.4. The van der Waals surface area contributed by atoms with Crippen LogP contribution in [0.2, 0.25) is 0 Å². The third-order valence-corrected chi connectivity index (χ3v) is 9.14. The number of hydrogen-bond acceptors (Lipinski definition) is 2. The maximum Gasteiger partial charge on any atom is 0.306 e. The quantitative estimate of drug-likeness (QED) is 0.716. The summed E-state index contributed by atoms with van der Waals surface area (Å²) in [4.78, 5) is 11.6. The van der Waals surface area contributed by atoms with Crippen molar-refractivity contribution in [1.29, 1.82) is 0 Å². The summed E-state index contributed by atoms with van der Waals surface area (Å²) < 4.78 is 0. The van der Waals surface area contributed by atoms with Crippen LogP contribution in [0, 0.1) is 40.4 Å². The minimum atomic E-state index is -0.618. The Morgan fingerprint density at radius 3 is 2.64 bits per heavy atom. The van der Waals surface area contributed by atoms with Crippen molar-refractivity contribution in [3.05, 3.63) is 11.6 Å². The van der Waals surface area contributed by atoms with Gasteiger partial charge in [-0.25, -0.2) is 0 Å². The number of carboxylic acid groups (broad SMARTS) is 1. The zero-order valence-corrected chi connectivity index (χ0v) is 16.0. The topological polar surface area (TPSA) is 57.5 Å². The van der Waals surface area contributed by atoms with Crippen molar-refractivity contribution in [2.75, 3.05) is 0 Å². The summed E-state index contributed by atoms with van der Waals surface area (Å²) in [5.41, 5.74) is 2.00. The van der Waals surface area contributed by atoms with Crippen LogP contribution < -0.4 is 0 Å². The van der Waals surface area contributed by atoms with Crippen molar-refractivity contribution in [1.82, 2.24) is 0 Å². The molecule has 0 aromatic rings. The first kappa shape index (κ1) is 17.6. The van der Waals surface area contributed by atoms with Crippen LogP contribution in [0.3, 0.4) is 0 Å². The van der Waals surface area contributed by atoms with Gasteiger partial charge in [0.25, 0.3) is 0 Å². The van der Waals surface area contributed by atoms with Gasteiger partial charge in [-0.15, -0.1) is 0 Å². The molecule has 8 atom stereocenters. The molecule has 3 saturated carbocycles. The molecule has 0 amide bonds. The van der Waals surface area contributed by atoms with Crippen molar-refractivity contribution in [2.45, 2.75) is 78.2 Å². The van der Waals surface area contributed by atoms with Gasteiger partial charge in [0.15, 0.2) is 0 Å². The fourth-order valence-electron chi connectivity index (χ4n) is 7.68. The summed E-state index contributed by atoms with van der Waals surface area (Å²) in [6, 6.07) is 0. The van der Waals surface area contributed by atoms with E-state index < -0.39 is 5.97 Å². The van der Waals surface area contributed by atoms with E-state index in [4.69, 9.17) is 0 Å². The number of aliphatic carboxylic acids is 1. The summed E-state index contributed by atoms with van der Waals surface area (Å²) in [5.74, 6) is 1.63. The highest BCUT2D eigenvalue weighted by molar-refractivity contribution is 5.70. The molecule has 0 aromatic heterocycles. The predicted molar refractivity (Wildman–Crippen MR) is 98.0 cm³/mol. The zero-order chi connectivity index (χ0) is 18.0. The van der Waals surface area contributed by atoms with Crippen LogP contribution in [0.15, 0.2) is 11.6 Å². The van der Waals surface area contributed by atoms with E-state index in [1.54, 1.807) is 0 Å². The Kier molecular flexibility index (Phi) is 4.10. The molecule has 0 aliphatic heterocycles. The summed E-state index contributed by atoms with van der Waals surface area (Å²) in [6.07, 6.45) is 11.1. The van der Waals surface area contributed by atoms with Crippen molar-refractivity contribution >= 4 is 5.97 Å². The third-order valence-electron chi connectivity index (χ3n) is 9.14. The molecule has 25 heavy (non-hydrogen) atoms. The van der Waals surface area contributed by atoms with E-state index >= 15 is 0 Å². The second-order valence-corrected chi connectivity index (χ2v) is 10.0. The lowest BCUT2D eigenvalue weighted by molar-refractivity contribution is -0.146. The van der Waals surface area contributed by atoms with Gasteiger partial charge in [-0.05, 0) is 85.9 Å². The smallest absolute Gasteiger partial charge is 0.306 e. The molecule has 0 aromatic carbocycles. The minimum absolute atomic E-state index is 0.142. The molecule has 0 radical (unpaired) electrons. The maximum absolute atomic E-state index is 11.6. The largest absolute Gasteiger partial charge is 0.481 e. The number of fused-ring (bicyclic) bond motifs is 5. The molecule has 4 aliphatic carbocycles. The van der Waals surface area contributed by atoms with Crippen molar-refractivity contribution in [2.24, 2.45) is 40.4 Å². The van der Waals surface area contributed by atoms with Crippen molar-refractivity contribution in [3.8, 4) is 0 Å². The van der Waals surface area contributed by atoms with Gasteiger partial charge in [0.05, 0.1) is 12.0 Å². The van der Waals surface area contributed by atoms with Crippen LogP contribution in [0.4, 0.5) is 0 Å². The minimum Gasteiger partial charge on any atom is -0.481 e. The van der Waals surface area contributed by atoms with Gasteiger partial charge in [0.1, 0.15) is 0 Å². The van der Waals surface area contributed by atoms with Crippen LogP contribution in [0.1, 0.15) is 72.1 Å². The monoisotopic (exact) mass is 346 g/mol. The molecular formula is C22H34O3. The Bertz CT molecular complexity index is 596. The number of rotatable bonds is 2. The summed E-state index contributed by atoms with van der Waals surface area (Å²) >= 11 is 0. The maximum atomic E-state index is 11.6.